The molecule has 1 unspecified atom stereocenters. The van der Waals surface area contributed by atoms with Crippen LogP contribution in [0.1, 0.15) is 38.5 Å². The van der Waals surface area contributed by atoms with Crippen molar-refractivity contribution in [2.24, 2.45) is 0 Å². The lowest BCUT2D eigenvalue weighted by molar-refractivity contribution is 0.317. The van der Waals surface area contributed by atoms with Crippen molar-refractivity contribution in [1.82, 2.24) is 9.34 Å². The molecular weight excluding hydrogens is 239 g/mol. The number of hydrogen-bond donors (Lipinski definition) is 0. The van der Waals surface area contributed by atoms with Crippen LogP contribution in [0.4, 0.5) is 0 Å². The van der Waals surface area contributed by atoms with Gasteiger partial charge in [0.2, 0.25) is 0 Å². The Bertz CT molecular complexity index is 222. The van der Waals surface area contributed by atoms with E-state index >= 15 is 0 Å². The molecule has 0 radical (unpaired) electrons. The molecule has 0 spiro atoms. The standard InChI is InChI=1S/C11H23N2OPS/c1-16(14)15(12-8-4-2-5-9-12)13-10-6-3-7-11-13/h2-11H2,1H3. The van der Waals surface area contributed by atoms with Gasteiger partial charge in [-0.05, 0) is 25.7 Å². The van der Waals surface area contributed by atoms with Crippen molar-refractivity contribution in [3.05, 3.63) is 0 Å². The zero-order chi connectivity index (χ0) is 11.4. The first-order chi connectivity index (χ1) is 7.79. The minimum absolute atomic E-state index is 0.517. The predicted molar refractivity (Wildman–Crippen MR) is 71.8 cm³/mol. The maximum atomic E-state index is 12.0. The van der Waals surface area contributed by atoms with Gasteiger partial charge in [0.15, 0.2) is 0 Å². The number of piperidine rings is 2. The third-order valence-corrected chi connectivity index (χ3v) is 8.37. The molecule has 94 valence electrons. The summed E-state index contributed by atoms with van der Waals surface area (Å²) >= 11 is 0. The minimum atomic E-state index is -0.682. The second kappa shape index (κ2) is 6.44. The van der Waals surface area contributed by atoms with E-state index < -0.39 is 17.8 Å². The fourth-order valence-corrected chi connectivity index (χ4v) is 7.79. The normalized spacial score (nSPS) is 27.1. The van der Waals surface area contributed by atoms with E-state index in [0.717, 1.165) is 0 Å². The first kappa shape index (κ1) is 12.9. The fourth-order valence-electron chi connectivity index (χ4n) is 2.60. The molecule has 2 saturated heterocycles. The third kappa shape index (κ3) is 3.25. The Labute approximate surface area is 103 Å². The molecule has 0 aromatic heterocycles. The van der Waals surface area contributed by atoms with Gasteiger partial charge in [-0.15, -0.1) is 0 Å². The van der Waals surface area contributed by atoms with Crippen LogP contribution in [0, 0.1) is 0 Å². The average molecular weight is 262 g/mol. The summed E-state index contributed by atoms with van der Waals surface area (Å²) in [6, 6.07) is 0. The molecule has 0 saturated carbocycles. The van der Waals surface area contributed by atoms with E-state index in [0.29, 0.717) is 0 Å². The predicted octanol–water partition coefficient (Wildman–Crippen LogP) is 2.56. The van der Waals surface area contributed by atoms with E-state index in [2.05, 4.69) is 9.34 Å². The van der Waals surface area contributed by atoms with Gasteiger partial charge in [0, 0.05) is 32.4 Å². The van der Waals surface area contributed by atoms with Crippen LogP contribution in [-0.2, 0) is 10.4 Å². The van der Waals surface area contributed by atoms with E-state index in [1.807, 2.05) is 6.26 Å². The Kier molecular flexibility index (Phi) is 5.21. The van der Waals surface area contributed by atoms with Gasteiger partial charge in [0.05, 0.1) is 10.4 Å². The van der Waals surface area contributed by atoms with Crippen LogP contribution in [0.5, 0.6) is 0 Å². The molecule has 5 heteroatoms. The highest BCUT2D eigenvalue weighted by Crippen LogP contribution is 2.49. The Balaban J connectivity index is 1.99. The van der Waals surface area contributed by atoms with Gasteiger partial charge in [-0.3, -0.25) is 13.5 Å². The third-order valence-electron chi connectivity index (χ3n) is 3.38. The van der Waals surface area contributed by atoms with Crippen molar-refractivity contribution >= 4 is 17.8 Å². The van der Waals surface area contributed by atoms with Crippen LogP contribution in [0.25, 0.3) is 0 Å². The van der Waals surface area contributed by atoms with Gasteiger partial charge in [-0.1, -0.05) is 12.8 Å². The first-order valence-corrected chi connectivity index (χ1v) is 9.83. The Hall–Kier alpha value is 0.500. The van der Waals surface area contributed by atoms with Crippen LogP contribution in [0.15, 0.2) is 0 Å². The Morgan fingerprint density at radius 2 is 1.19 bits per heavy atom. The molecule has 0 aromatic rings. The number of hydrogen-bond acceptors (Lipinski definition) is 3. The molecule has 3 nitrogen and oxygen atoms in total. The lowest BCUT2D eigenvalue weighted by atomic mass is 10.2. The lowest BCUT2D eigenvalue weighted by Crippen LogP contribution is -2.36. The van der Waals surface area contributed by atoms with Crippen LogP contribution in [0.2, 0.25) is 0 Å². The summed E-state index contributed by atoms with van der Waals surface area (Å²) in [6.07, 6.45) is 9.79. The Morgan fingerprint density at radius 1 is 0.812 bits per heavy atom. The van der Waals surface area contributed by atoms with Crippen molar-refractivity contribution in [2.75, 3.05) is 32.4 Å². The molecule has 2 fully saturated rings. The minimum Gasteiger partial charge on any atom is -0.260 e. The summed E-state index contributed by atoms with van der Waals surface area (Å²) in [5.41, 5.74) is 0. The van der Waals surface area contributed by atoms with Crippen LogP contribution >= 0.6 is 7.42 Å². The van der Waals surface area contributed by atoms with E-state index in [9.17, 15) is 4.21 Å². The zero-order valence-electron chi connectivity index (χ0n) is 10.2. The molecule has 1 atom stereocenters. The highest BCUT2D eigenvalue weighted by Gasteiger charge is 2.30. The first-order valence-electron chi connectivity index (χ1n) is 6.42. The fraction of sp³-hybridized carbons (Fsp3) is 1.00. The molecule has 0 bridgehead atoms. The van der Waals surface area contributed by atoms with Gasteiger partial charge >= 0.3 is 0 Å². The van der Waals surface area contributed by atoms with Gasteiger partial charge in [-0.2, -0.15) is 0 Å². The topological polar surface area (TPSA) is 23.6 Å². The number of rotatable bonds is 3. The maximum Gasteiger partial charge on any atom is 0.136 e. The summed E-state index contributed by atoms with van der Waals surface area (Å²) in [4.78, 5) is 0. The molecular formula is C11H23N2OPS. The molecule has 2 rings (SSSR count). The molecule has 0 aliphatic carbocycles. The maximum absolute atomic E-state index is 12.0. The molecule has 2 aliphatic rings. The van der Waals surface area contributed by atoms with Crippen LogP contribution < -0.4 is 0 Å². The van der Waals surface area contributed by atoms with Gasteiger partial charge in [0.1, 0.15) is 7.42 Å². The van der Waals surface area contributed by atoms with E-state index in [1.165, 1.54) is 64.7 Å². The largest absolute Gasteiger partial charge is 0.260 e. The molecule has 0 N–H and O–H groups in total. The lowest BCUT2D eigenvalue weighted by Gasteiger charge is -2.40. The van der Waals surface area contributed by atoms with Crippen LogP contribution in [-0.4, -0.2) is 46.0 Å². The van der Waals surface area contributed by atoms with Crippen molar-refractivity contribution < 1.29 is 4.21 Å². The van der Waals surface area contributed by atoms with Crippen LogP contribution in [0.3, 0.4) is 0 Å². The SMILES string of the molecule is CS(=O)P(N1CCCCC1)N1CCCCC1. The van der Waals surface area contributed by atoms with E-state index in [-0.39, 0.29) is 0 Å². The van der Waals surface area contributed by atoms with Gasteiger partial charge < -0.3 is 0 Å². The summed E-state index contributed by atoms with van der Waals surface area (Å²) < 4.78 is 17.0. The molecule has 2 heterocycles. The average Bonchev–Trinajstić information content (AvgIpc) is 2.31. The Morgan fingerprint density at radius 3 is 1.50 bits per heavy atom. The monoisotopic (exact) mass is 262 g/mol. The molecule has 0 aromatic carbocycles. The summed E-state index contributed by atoms with van der Waals surface area (Å²) in [6.45, 7) is 4.67. The highest BCUT2D eigenvalue weighted by molar-refractivity contribution is 8.44. The molecule has 16 heavy (non-hydrogen) atoms. The summed E-state index contributed by atoms with van der Waals surface area (Å²) in [7, 11) is -1.20. The van der Waals surface area contributed by atoms with Crippen molar-refractivity contribution in [3.8, 4) is 0 Å². The number of nitrogens with zero attached hydrogens (tertiary/aromatic N) is 2. The quantitative estimate of drug-likeness (QED) is 0.730. The second-order valence-corrected chi connectivity index (χ2v) is 9.71. The van der Waals surface area contributed by atoms with Gasteiger partial charge in [0.25, 0.3) is 0 Å². The summed E-state index contributed by atoms with van der Waals surface area (Å²) in [5, 5.41) is 0. The molecule has 2 aliphatic heterocycles. The van der Waals surface area contributed by atoms with E-state index in [1.54, 1.807) is 0 Å². The second-order valence-electron chi connectivity index (χ2n) is 4.71. The van der Waals surface area contributed by atoms with Crippen molar-refractivity contribution in [1.29, 1.82) is 0 Å². The smallest absolute Gasteiger partial charge is 0.136 e. The zero-order valence-corrected chi connectivity index (χ0v) is 11.9. The van der Waals surface area contributed by atoms with E-state index in [4.69, 9.17) is 0 Å². The highest BCUT2D eigenvalue weighted by atomic mass is 32.7. The summed E-state index contributed by atoms with van der Waals surface area (Å²) in [5.74, 6) is 0. The molecule has 0 amide bonds. The van der Waals surface area contributed by atoms with Gasteiger partial charge in [-0.25, -0.2) is 0 Å². The van der Waals surface area contributed by atoms with Crippen molar-refractivity contribution in [3.63, 3.8) is 0 Å². The van der Waals surface area contributed by atoms with Crippen molar-refractivity contribution in [2.45, 2.75) is 38.5 Å².